The summed E-state index contributed by atoms with van der Waals surface area (Å²) in [6, 6.07) is 10.1. The van der Waals surface area contributed by atoms with Gasteiger partial charge in [0.15, 0.2) is 9.84 Å². The molecule has 7 nitrogen and oxygen atoms in total. The Morgan fingerprint density at radius 2 is 1.96 bits per heavy atom. The number of nitro groups is 1. The Kier molecular flexibility index (Phi) is 5.20. The minimum absolute atomic E-state index is 0.0341. The van der Waals surface area contributed by atoms with Crippen molar-refractivity contribution in [2.75, 3.05) is 11.6 Å². The van der Waals surface area contributed by atoms with Gasteiger partial charge in [-0.25, -0.2) is 8.42 Å². The molecule has 0 fully saturated rings. The smallest absolute Gasteiger partial charge is 0.289 e. The summed E-state index contributed by atoms with van der Waals surface area (Å²) in [7, 11) is -3.22. The van der Waals surface area contributed by atoms with Gasteiger partial charge in [0.05, 0.1) is 10.7 Å². The van der Waals surface area contributed by atoms with Crippen molar-refractivity contribution in [3.63, 3.8) is 0 Å². The molecule has 0 saturated carbocycles. The van der Waals surface area contributed by atoms with Crippen LogP contribution >= 0.6 is 11.6 Å². The number of nitrogens with one attached hydrogen (secondary N) is 1. The molecule has 0 atom stereocenters. The van der Waals surface area contributed by atoms with Gasteiger partial charge < -0.3 is 5.32 Å². The van der Waals surface area contributed by atoms with E-state index in [-0.39, 0.29) is 27.7 Å². The molecule has 1 amide bonds. The van der Waals surface area contributed by atoms with E-state index in [1.165, 1.54) is 24.3 Å². The highest BCUT2D eigenvalue weighted by Crippen LogP contribution is 2.27. The topological polar surface area (TPSA) is 106 Å². The Morgan fingerprint density at radius 3 is 2.58 bits per heavy atom. The molecule has 0 radical (unpaired) electrons. The third-order valence-electron chi connectivity index (χ3n) is 3.02. The summed E-state index contributed by atoms with van der Waals surface area (Å²) >= 11 is 5.72. The molecule has 0 unspecified atom stereocenters. The maximum Gasteiger partial charge on any atom is 0.289 e. The SMILES string of the molecule is CS(=O)(=O)Cc1cccc(C(=O)Nc2ccc(Cl)c([N+](=O)[O-])c2)c1. The van der Waals surface area contributed by atoms with Crippen LogP contribution in [0.5, 0.6) is 0 Å². The summed E-state index contributed by atoms with van der Waals surface area (Å²) in [5, 5.41) is 13.3. The molecule has 0 aliphatic heterocycles. The van der Waals surface area contributed by atoms with Crippen LogP contribution in [0.1, 0.15) is 15.9 Å². The van der Waals surface area contributed by atoms with Crippen LogP contribution in [0.15, 0.2) is 42.5 Å². The standard InChI is InChI=1S/C15H13ClN2O5S/c1-24(22,23)9-10-3-2-4-11(7-10)15(19)17-12-5-6-13(16)14(8-12)18(20)21/h2-8H,9H2,1H3,(H,17,19). The molecule has 126 valence electrons. The van der Waals surface area contributed by atoms with Gasteiger partial charge in [-0.1, -0.05) is 23.7 Å². The second-order valence-electron chi connectivity index (χ2n) is 5.15. The average molecular weight is 369 g/mol. The van der Waals surface area contributed by atoms with Crippen molar-refractivity contribution in [2.45, 2.75) is 5.75 Å². The van der Waals surface area contributed by atoms with Gasteiger partial charge >= 0.3 is 0 Å². The van der Waals surface area contributed by atoms with E-state index in [1.54, 1.807) is 12.1 Å². The van der Waals surface area contributed by atoms with Crippen molar-refractivity contribution >= 4 is 38.7 Å². The van der Waals surface area contributed by atoms with E-state index in [0.717, 1.165) is 12.3 Å². The lowest BCUT2D eigenvalue weighted by Crippen LogP contribution is -2.12. The molecule has 0 aromatic heterocycles. The number of nitro benzene ring substituents is 1. The van der Waals surface area contributed by atoms with Gasteiger partial charge in [0.25, 0.3) is 11.6 Å². The summed E-state index contributed by atoms with van der Waals surface area (Å²) in [6.07, 6.45) is 1.10. The van der Waals surface area contributed by atoms with Crippen LogP contribution in [-0.4, -0.2) is 25.5 Å². The van der Waals surface area contributed by atoms with Gasteiger partial charge in [-0.15, -0.1) is 0 Å². The van der Waals surface area contributed by atoms with Gasteiger partial charge in [0.1, 0.15) is 5.02 Å². The number of hydrogen-bond donors (Lipinski definition) is 1. The predicted octanol–water partition coefficient (Wildman–Crippen LogP) is 3.05. The van der Waals surface area contributed by atoms with E-state index in [2.05, 4.69) is 5.32 Å². The number of nitrogens with zero attached hydrogens (tertiary/aromatic N) is 1. The van der Waals surface area contributed by atoms with Crippen LogP contribution in [0.3, 0.4) is 0 Å². The maximum atomic E-state index is 12.2. The number of halogens is 1. The molecule has 0 aliphatic rings. The second kappa shape index (κ2) is 6.98. The molecule has 1 N–H and O–H groups in total. The molecule has 0 heterocycles. The fourth-order valence-corrected chi connectivity index (χ4v) is 3.01. The quantitative estimate of drug-likeness (QED) is 0.644. The summed E-state index contributed by atoms with van der Waals surface area (Å²) in [6.45, 7) is 0. The maximum absolute atomic E-state index is 12.2. The summed E-state index contributed by atoms with van der Waals surface area (Å²) in [4.78, 5) is 22.4. The van der Waals surface area contributed by atoms with Crippen molar-refractivity contribution < 1.29 is 18.1 Å². The number of benzene rings is 2. The highest BCUT2D eigenvalue weighted by Gasteiger charge is 2.15. The molecule has 0 saturated heterocycles. The molecule has 0 spiro atoms. The molecular formula is C15H13ClN2O5S. The fourth-order valence-electron chi connectivity index (χ4n) is 2.04. The van der Waals surface area contributed by atoms with E-state index in [4.69, 9.17) is 11.6 Å². The Labute approximate surface area is 143 Å². The second-order valence-corrected chi connectivity index (χ2v) is 7.70. The Balaban J connectivity index is 2.23. The Hall–Kier alpha value is -2.45. The van der Waals surface area contributed by atoms with Crippen LogP contribution in [0.2, 0.25) is 5.02 Å². The largest absolute Gasteiger partial charge is 0.322 e. The lowest BCUT2D eigenvalue weighted by Gasteiger charge is -2.07. The van der Waals surface area contributed by atoms with E-state index in [9.17, 15) is 23.3 Å². The summed E-state index contributed by atoms with van der Waals surface area (Å²) < 4.78 is 22.7. The number of carbonyl (C=O) groups is 1. The van der Waals surface area contributed by atoms with Gasteiger partial charge in [-0.2, -0.15) is 0 Å². The van der Waals surface area contributed by atoms with Gasteiger partial charge in [-0.3, -0.25) is 14.9 Å². The number of hydrogen-bond acceptors (Lipinski definition) is 5. The third-order valence-corrected chi connectivity index (χ3v) is 4.20. The van der Waals surface area contributed by atoms with Crippen LogP contribution in [-0.2, 0) is 15.6 Å². The number of sulfone groups is 1. The first-order valence-electron chi connectivity index (χ1n) is 6.68. The van der Waals surface area contributed by atoms with E-state index in [0.29, 0.717) is 5.56 Å². The lowest BCUT2D eigenvalue weighted by molar-refractivity contribution is -0.384. The van der Waals surface area contributed by atoms with Crippen molar-refractivity contribution in [3.8, 4) is 0 Å². The first kappa shape index (κ1) is 17.9. The first-order chi connectivity index (χ1) is 11.2. The zero-order chi connectivity index (χ0) is 17.9. The minimum Gasteiger partial charge on any atom is -0.322 e. The monoisotopic (exact) mass is 368 g/mol. The van der Waals surface area contributed by atoms with Gasteiger partial charge in [-0.05, 0) is 29.8 Å². The summed E-state index contributed by atoms with van der Waals surface area (Å²) in [5.74, 6) is -0.692. The average Bonchev–Trinajstić information content (AvgIpc) is 2.47. The molecule has 2 aromatic carbocycles. The van der Waals surface area contributed by atoms with Crippen LogP contribution < -0.4 is 5.32 Å². The Bertz CT molecular complexity index is 912. The molecule has 0 aliphatic carbocycles. The third kappa shape index (κ3) is 4.77. The molecule has 2 aromatic rings. The molecule has 0 bridgehead atoms. The Morgan fingerprint density at radius 1 is 1.25 bits per heavy atom. The number of carbonyl (C=O) groups excluding carboxylic acids is 1. The van der Waals surface area contributed by atoms with E-state index in [1.807, 2.05) is 0 Å². The van der Waals surface area contributed by atoms with Crippen molar-refractivity contribution in [1.29, 1.82) is 0 Å². The highest BCUT2D eigenvalue weighted by molar-refractivity contribution is 7.89. The van der Waals surface area contributed by atoms with Crippen molar-refractivity contribution in [1.82, 2.24) is 0 Å². The van der Waals surface area contributed by atoms with Gasteiger partial charge in [0, 0.05) is 23.6 Å². The molecule has 9 heteroatoms. The summed E-state index contributed by atoms with van der Waals surface area (Å²) in [5.41, 5.74) is 0.617. The molecule has 24 heavy (non-hydrogen) atoms. The van der Waals surface area contributed by atoms with Crippen molar-refractivity contribution in [3.05, 3.63) is 68.7 Å². The van der Waals surface area contributed by atoms with E-state index >= 15 is 0 Å². The van der Waals surface area contributed by atoms with Crippen LogP contribution in [0, 0.1) is 10.1 Å². The first-order valence-corrected chi connectivity index (χ1v) is 9.11. The fraction of sp³-hybridized carbons (Fsp3) is 0.133. The highest BCUT2D eigenvalue weighted by atomic mass is 35.5. The minimum atomic E-state index is -3.22. The zero-order valence-corrected chi connectivity index (χ0v) is 14.1. The molecular weight excluding hydrogens is 356 g/mol. The molecule has 2 rings (SSSR count). The number of anilines is 1. The number of rotatable bonds is 5. The zero-order valence-electron chi connectivity index (χ0n) is 12.5. The van der Waals surface area contributed by atoms with E-state index < -0.39 is 20.7 Å². The number of amides is 1. The van der Waals surface area contributed by atoms with Crippen LogP contribution in [0.4, 0.5) is 11.4 Å². The van der Waals surface area contributed by atoms with Crippen LogP contribution in [0.25, 0.3) is 0 Å². The van der Waals surface area contributed by atoms with Gasteiger partial charge in [0.2, 0.25) is 0 Å². The van der Waals surface area contributed by atoms with Crippen molar-refractivity contribution in [2.24, 2.45) is 0 Å². The normalized spacial score (nSPS) is 11.1. The predicted molar refractivity (Wildman–Crippen MR) is 91.0 cm³/mol. The lowest BCUT2D eigenvalue weighted by atomic mass is 10.1.